The number of hydrogen-bond donors (Lipinski definition) is 4. The number of Topliss-reactive ketones (excluding diaryl/α,β-unsaturated/α-hetero) is 2. The van der Waals surface area contributed by atoms with Crippen LogP contribution in [0.4, 0.5) is 0 Å². The molecule has 1 heterocycles. The van der Waals surface area contributed by atoms with Gasteiger partial charge >= 0.3 is 11.9 Å². The Morgan fingerprint density at radius 1 is 0.763 bits per heavy atom. The molecule has 0 aliphatic carbocycles. The number of aliphatic hydroxyl groups is 4. The normalized spacial score (nSPS) is 28.9. The van der Waals surface area contributed by atoms with Crippen LogP contribution in [-0.4, -0.2) is 81.1 Å². The molecule has 0 radical (unpaired) electrons. The summed E-state index contributed by atoms with van der Waals surface area (Å²) < 4.78 is 15.6. The second-order valence-electron chi connectivity index (χ2n) is 8.72. The lowest BCUT2D eigenvalue weighted by Crippen LogP contribution is -2.84. The number of carbonyl (C=O) groups is 3. The molecule has 10 heteroatoms. The van der Waals surface area contributed by atoms with Crippen LogP contribution in [0.25, 0.3) is 0 Å². The standard InChI is InChI=1S/C28H26O10/c1-36-28(35)27(34,23(30)19-13-7-3-8-14-19)26(33,22(29)18-11-5-2-6-12-18)24(31)21(38-28)17-37-25(32)20-15-9-4-10-16-20/h2-16,21,24,31,33-35H,17H2,1H3/t21-,24+,26+,27-,28+/m1/s1. The third-order valence-corrected chi connectivity index (χ3v) is 6.51. The van der Waals surface area contributed by atoms with E-state index in [0.717, 1.165) is 7.11 Å². The van der Waals surface area contributed by atoms with Crippen LogP contribution in [0, 0.1) is 0 Å². The summed E-state index contributed by atoms with van der Waals surface area (Å²) in [4.78, 5) is 39.9. The first-order chi connectivity index (χ1) is 18.1. The van der Waals surface area contributed by atoms with E-state index >= 15 is 0 Å². The van der Waals surface area contributed by atoms with E-state index < -0.39 is 53.5 Å². The molecule has 198 valence electrons. The molecule has 1 aliphatic heterocycles. The van der Waals surface area contributed by atoms with Crippen molar-refractivity contribution in [2.24, 2.45) is 0 Å². The fourth-order valence-electron chi connectivity index (χ4n) is 4.44. The summed E-state index contributed by atoms with van der Waals surface area (Å²) in [6.45, 7) is -0.791. The van der Waals surface area contributed by atoms with Gasteiger partial charge in [-0.15, -0.1) is 0 Å². The highest BCUT2D eigenvalue weighted by Crippen LogP contribution is 2.47. The number of aliphatic hydroxyl groups excluding tert-OH is 1. The Kier molecular flexibility index (Phi) is 7.56. The zero-order valence-electron chi connectivity index (χ0n) is 20.3. The fraction of sp³-hybridized carbons (Fsp3) is 0.250. The number of carbonyl (C=O) groups excluding carboxylic acids is 3. The minimum atomic E-state index is -3.58. The number of methoxy groups -OCH3 is 1. The Bertz CT molecular complexity index is 1300. The van der Waals surface area contributed by atoms with Crippen molar-refractivity contribution in [3.05, 3.63) is 108 Å². The van der Waals surface area contributed by atoms with Gasteiger partial charge in [0.2, 0.25) is 22.8 Å². The molecular formula is C28H26O10. The SMILES string of the molecule is CO[C@]1(O)O[C@H](COC(=O)c2ccccc2)[C@H](O)[C@@](O)(C(=O)c2ccccc2)[C@]1(O)C(=O)c1ccccc1. The average molecular weight is 523 g/mol. The van der Waals surface area contributed by atoms with Gasteiger partial charge in [-0.1, -0.05) is 78.9 Å². The molecule has 0 unspecified atom stereocenters. The largest absolute Gasteiger partial charge is 0.459 e. The van der Waals surface area contributed by atoms with Crippen LogP contribution in [0.5, 0.6) is 0 Å². The fourth-order valence-corrected chi connectivity index (χ4v) is 4.44. The lowest BCUT2D eigenvalue weighted by Gasteiger charge is -2.55. The van der Waals surface area contributed by atoms with Crippen LogP contribution < -0.4 is 0 Å². The van der Waals surface area contributed by atoms with E-state index in [9.17, 15) is 34.8 Å². The molecule has 0 saturated carbocycles. The molecule has 0 spiro atoms. The van der Waals surface area contributed by atoms with Crippen LogP contribution >= 0.6 is 0 Å². The monoisotopic (exact) mass is 522 g/mol. The van der Waals surface area contributed by atoms with Crippen LogP contribution in [0.3, 0.4) is 0 Å². The highest BCUT2D eigenvalue weighted by atomic mass is 16.8. The molecule has 10 nitrogen and oxygen atoms in total. The second kappa shape index (κ2) is 10.5. The number of esters is 1. The summed E-state index contributed by atoms with van der Waals surface area (Å²) in [5, 5.41) is 46.4. The maximum Gasteiger partial charge on any atom is 0.338 e. The third kappa shape index (κ3) is 4.33. The predicted molar refractivity (Wildman–Crippen MR) is 131 cm³/mol. The van der Waals surface area contributed by atoms with Crippen molar-refractivity contribution in [1.82, 2.24) is 0 Å². The molecule has 4 rings (SSSR count). The zero-order valence-corrected chi connectivity index (χ0v) is 20.3. The van der Waals surface area contributed by atoms with Gasteiger partial charge in [0.15, 0.2) is 0 Å². The Labute approximate surface area is 217 Å². The molecule has 4 N–H and O–H groups in total. The lowest BCUT2D eigenvalue weighted by molar-refractivity contribution is -0.470. The van der Waals surface area contributed by atoms with Gasteiger partial charge in [0.1, 0.15) is 18.8 Å². The smallest absolute Gasteiger partial charge is 0.338 e. The van der Waals surface area contributed by atoms with E-state index in [1.165, 1.54) is 60.7 Å². The molecule has 38 heavy (non-hydrogen) atoms. The van der Waals surface area contributed by atoms with Gasteiger partial charge in [0.05, 0.1) is 5.56 Å². The van der Waals surface area contributed by atoms with E-state index in [1.54, 1.807) is 30.3 Å². The molecule has 0 aromatic heterocycles. The van der Waals surface area contributed by atoms with Crippen molar-refractivity contribution in [2.75, 3.05) is 13.7 Å². The Balaban J connectivity index is 1.81. The number of hydrogen-bond acceptors (Lipinski definition) is 10. The molecule has 1 fully saturated rings. The summed E-state index contributed by atoms with van der Waals surface area (Å²) in [6.07, 6.45) is -4.21. The molecule has 5 atom stereocenters. The first kappa shape index (κ1) is 27.3. The van der Waals surface area contributed by atoms with Gasteiger partial charge in [-0.05, 0) is 12.1 Å². The van der Waals surface area contributed by atoms with Gasteiger partial charge < -0.3 is 34.6 Å². The first-order valence-electron chi connectivity index (χ1n) is 11.6. The molecule has 1 saturated heterocycles. The van der Waals surface area contributed by atoms with Gasteiger partial charge in [0.25, 0.3) is 0 Å². The van der Waals surface area contributed by atoms with E-state index in [1.807, 2.05) is 0 Å². The quantitative estimate of drug-likeness (QED) is 0.192. The predicted octanol–water partition coefficient (Wildman–Crippen LogP) is 1.12. The van der Waals surface area contributed by atoms with Crippen LogP contribution in [0.15, 0.2) is 91.0 Å². The average Bonchev–Trinajstić information content (AvgIpc) is 2.97. The van der Waals surface area contributed by atoms with Crippen molar-refractivity contribution >= 4 is 17.5 Å². The van der Waals surface area contributed by atoms with Crippen molar-refractivity contribution < 1.29 is 49.0 Å². The van der Waals surface area contributed by atoms with Crippen LogP contribution in [0.1, 0.15) is 31.1 Å². The maximum atomic E-state index is 13.7. The van der Waals surface area contributed by atoms with E-state index in [0.29, 0.717) is 0 Å². The molecular weight excluding hydrogens is 496 g/mol. The van der Waals surface area contributed by atoms with Crippen molar-refractivity contribution in [1.29, 1.82) is 0 Å². The lowest BCUT2D eigenvalue weighted by atomic mass is 9.65. The molecule has 0 bridgehead atoms. The maximum absolute atomic E-state index is 13.7. The number of benzene rings is 3. The molecule has 0 amide bonds. The van der Waals surface area contributed by atoms with Gasteiger partial charge in [-0.2, -0.15) is 0 Å². The van der Waals surface area contributed by atoms with Gasteiger partial charge in [-0.25, -0.2) is 4.79 Å². The summed E-state index contributed by atoms with van der Waals surface area (Å²) in [6, 6.07) is 21.9. The van der Waals surface area contributed by atoms with Gasteiger partial charge in [-0.3, -0.25) is 9.59 Å². The summed E-state index contributed by atoms with van der Waals surface area (Å²) >= 11 is 0. The number of ketones is 2. The minimum absolute atomic E-state index is 0.159. The molecule has 1 aliphatic rings. The summed E-state index contributed by atoms with van der Waals surface area (Å²) in [5.41, 5.74) is -7.29. The first-order valence-corrected chi connectivity index (χ1v) is 11.6. The topological polar surface area (TPSA) is 160 Å². The number of rotatable bonds is 8. The van der Waals surface area contributed by atoms with Crippen molar-refractivity contribution in [2.45, 2.75) is 29.4 Å². The Morgan fingerprint density at radius 3 is 1.68 bits per heavy atom. The highest BCUT2D eigenvalue weighted by molar-refractivity contribution is 6.13. The van der Waals surface area contributed by atoms with Crippen molar-refractivity contribution in [3.8, 4) is 0 Å². The Hall–Kier alpha value is -3.77. The minimum Gasteiger partial charge on any atom is -0.459 e. The van der Waals surface area contributed by atoms with E-state index in [4.69, 9.17) is 14.2 Å². The third-order valence-electron chi connectivity index (χ3n) is 6.51. The Morgan fingerprint density at radius 2 is 1.21 bits per heavy atom. The molecule has 3 aromatic carbocycles. The van der Waals surface area contributed by atoms with Gasteiger partial charge in [0, 0.05) is 18.2 Å². The van der Waals surface area contributed by atoms with E-state index in [2.05, 4.69) is 0 Å². The summed E-state index contributed by atoms with van der Waals surface area (Å²) in [5.74, 6) is -6.88. The van der Waals surface area contributed by atoms with E-state index in [-0.39, 0.29) is 16.7 Å². The van der Waals surface area contributed by atoms with Crippen molar-refractivity contribution in [3.63, 3.8) is 0 Å². The van der Waals surface area contributed by atoms with Crippen LogP contribution in [0.2, 0.25) is 0 Å². The van der Waals surface area contributed by atoms with Crippen LogP contribution in [-0.2, 0) is 14.2 Å². The summed E-state index contributed by atoms with van der Waals surface area (Å²) in [7, 11) is 0.862. The molecule has 3 aromatic rings. The highest BCUT2D eigenvalue weighted by Gasteiger charge is 2.79. The number of ether oxygens (including phenoxy) is 3. The second-order valence-corrected chi connectivity index (χ2v) is 8.72. The zero-order chi connectivity index (χ0) is 27.6.